The summed E-state index contributed by atoms with van der Waals surface area (Å²) < 4.78 is 11.1. The Balaban J connectivity index is 1.43. The molecule has 4 aliphatic rings. The van der Waals surface area contributed by atoms with Crippen LogP contribution in [-0.4, -0.2) is 69.3 Å². The first-order valence-electron chi connectivity index (χ1n) is 11.8. The molecular weight excluding hydrogens is 442 g/mol. The largest absolute Gasteiger partial charge is 0.462 e. The summed E-state index contributed by atoms with van der Waals surface area (Å²) in [5, 5.41) is 42.9. The minimum atomic E-state index is -1.53. The number of ketones is 2. The first-order chi connectivity index (χ1) is 16.4. The standard InChI is InChI=1S/C25H29NO8/c27-11-18-22(30)23(31)24(32)25(34-18)33-13-9-7-12(8-10-13)19-20-14(3-1-5-16(20)28)26-15-4-2-6-17(29)21(15)19/h7-10,18-19,22-27,30-32H,1-6,11H2/t18-,22-,23-,24-,25-/m1/s1. The molecule has 1 saturated heterocycles. The number of hydrogen-bond acceptors (Lipinski definition) is 9. The van der Waals surface area contributed by atoms with E-state index in [1.807, 2.05) is 0 Å². The Kier molecular flexibility index (Phi) is 6.30. The van der Waals surface area contributed by atoms with E-state index in [4.69, 9.17) is 9.47 Å². The average molecular weight is 472 g/mol. The van der Waals surface area contributed by atoms with Crippen molar-refractivity contribution in [3.63, 3.8) is 0 Å². The van der Waals surface area contributed by atoms with Crippen molar-refractivity contribution in [2.45, 2.75) is 75.1 Å². The van der Waals surface area contributed by atoms with E-state index in [2.05, 4.69) is 5.32 Å². The van der Waals surface area contributed by atoms with Crippen LogP contribution >= 0.6 is 0 Å². The fourth-order valence-electron chi connectivity index (χ4n) is 5.35. The van der Waals surface area contributed by atoms with Crippen LogP contribution in [0.1, 0.15) is 50.0 Å². The van der Waals surface area contributed by atoms with Gasteiger partial charge < -0.3 is 35.2 Å². The van der Waals surface area contributed by atoms with E-state index < -0.39 is 43.2 Å². The van der Waals surface area contributed by atoms with Gasteiger partial charge in [0.1, 0.15) is 30.2 Å². The van der Waals surface area contributed by atoms with Gasteiger partial charge >= 0.3 is 0 Å². The molecule has 1 aromatic carbocycles. The quantitative estimate of drug-likeness (QED) is 0.425. The van der Waals surface area contributed by atoms with Gasteiger partial charge in [0.25, 0.3) is 0 Å². The Morgan fingerprint density at radius 2 is 1.44 bits per heavy atom. The fourth-order valence-corrected chi connectivity index (χ4v) is 5.35. The molecule has 2 heterocycles. The lowest BCUT2D eigenvalue weighted by Gasteiger charge is -2.39. The molecule has 5 atom stereocenters. The van der Waals surface area contributed by atoms with Crippen LogP contribution in [0, 0.1) is 0 Å². The van der Waals surface area contributed by atoms with Gasteiger partial charge in [-0.05, 0) is 43.4 Å². The molecule has 2 aliphatic heterocycles. The second kappa shape index (κ2) is 9.24. The summed E-state index contributed by atoms with van der Waals surface area (Å²) in [4.78, 5) is 25.8. The van der Waals surface area contributed by atoms with Crippen LogP contribution in [0.25, 0.3) is 0 Å². The molecule has 5 N–H and O–H groups in total. The highest BCUT2D eigenvalue weighted by atomic mass is 16.7. The number of aliphatic hydroxyl groups excluding tert-OH is 4. The van der Waals surface area contributed by atoms with Gasteiger partial charge in [-0.2, -0.15) is 0 Å². The van der Waals surface area contributed by atoms with E-state index in [0.29, 0.717) is 29.7 Å². The third kappa shape index (κ3) is 3.97. The van der Waals surface area contributed by atoms with E-state index >= 15 is 0 Å². The minimum Gasteiger partial charge on any atom is -0.462 e. The summed E-state index contributed by atoms with van der Waals surface area (Å²) in [6, 6.07) is 6.88. The maximum absolute atomic E-state index is 12.9. The van der Waals surface area contributed by atoms with Crippen molar-refractivity contribution in [3.05, 3.63) is 52.4 Å². The predicted molar refractivity (Wildman–Crippen MR) is 118 cm³/mol. The maximum atomic E-state index is 12.9. The fraction of sp³-hybridized carbons (Fsp3) is 0.520. The average Bonchev–Trinajstić information content (AvgIpc) is 2.84. The van der Waals surface area contributed by atoms with Crippen molar-refractivity contribution in [2.24, 2.45) is 0 Å². The summed E-state index contributed by atoms with van der Waals surface area (Å²) in [5.74, 6) is 0.0270. The van der Waals surface area contributed by atoms with Gasteiger partial charge in [0, 0.05) is 41.3 Å². The molecule has 9 heteroatoms. The number of benzene rings is 1. The number of aliphatic hydroxyl groups is 4. The van der Waals surface area contributed by atoms with E-state index in [9.17, 15) is 30.0 Å². The number of carbonyl (C=O) groups is 2. The lowest BCUT2D eigenvalue weighted by Crippen LogP contribution is -2.60. The Morgan fingerprint density at radius 1 is 0.853 bits per heavy atom. The van der Waals surface area contributed by atoms with Gasteiger partial charge in [0.15, 0.2) is 11.6 Å². The van der Waals surface area contributed by atoms with Crippen molar-refractivity contribution in [2.75, 3.05) is 6.61 Å². The molecule has 1 aromatic rings. The molecule has 9 nitrogen and oxygen atoms in total. The number of allylic oxidation sites excluding steroid dienone is 4. The molecule has 0 aromatic heterocycles. The van der Waals surface area contributed by atoms with Gasteiger partial charge in [-0.1, -0.05) is 12.1 Å². The summed E-state index contributed by atoms with van der Waals surface area (Å²) in [7, 11) is 0. The van der Waals surface area contributed by atoms with Crippen LogP contribution < -0.4 is 10.1 Å². The third-order valence-electron chi connectivity index (χ3n) is 7.11. The first-order valence-corrected chi connectivity index (χ1v) is 11.8. The van der Waals surface area contributed by atoms with Gasteiger partial charge in [0.2, 0.25) is 6.29 Å². The van der Waals surface area contributed by atoms with Crippen molar-refractivity contribution in [1.82, 2.24) is 5.32 Å². The second-order valence-electron chi connectivity index (χ2n) is 9.28. The van der Waals surface area contributed by atoms with Gasteiger partial charge in [0.05, 0.1) is 6.61 Å². The van der Waals surface area contributed by atoms with Crippen LogP contribution in [-0.2, 0) is 14.3 Å². The molecule has 182 valence electrons. The molecule has 0 saturated carbocycles. The maximum Gasteiger partial charge on any atom is 0.229 e. The number of carbonyl (C=O) groups excluding carboxylic acids is 2. The van der Waals surface area contributed by atoms with Gasteiger partial charge in [-0.25, -0.2) is 0 Å². The van der Waals surface area contributed by atoms with Gasteiger partial charge in [-0.15, -0.1) is 0 Å². The molecule has 0 spiro atoms. The molecule has 2 aliphatic carbocycles. The Bertz CT molecular complexity index is 1000. The van der Waals surface area contributed by atoms with Crippen LogP contribution in [0.4, 0.5) is 0 Å². The van der Waals surface area contributed by atoms with Crippen molar-refractivity contribution in [3.8, 4) is 5.75 Å². The van der Waals surface area contributed by atoms with E-state index in [0.717, 1.165) is 42.6 Å². The number of dihydropyridines is 1. The Labute approximate surface area is 196 Å². The summed E-state index contributed by atoms with van der Waals surface area (Å²) in [6.07, 6.45) is -2.79. The molecule has 34 heavy (non-hydrogen) atoms. The van der Waals surface area contributed by atoms with E-state index in [1.165, 1.54) is 0 Å². The molecule has 0 radical (unpaired) electrons. The third-order valence-corrected chi connectivity index (χ3v) is 7.11. The second-order valence-corrected chi connectivity index (χ2v) is 9.28. The van der Waals surface area contributed by atoms with Crippen molar-refractivity contribution in [1.29, 1.82) is 0 Å². The molecule has 0 bridgehead atoms. The lowest BCUT2D eigenvalue weighted by molar-refractivity contribution is -0.277. The molecule has 5 rings (SSSR count). The Morgan fingerprint density at radius 3 is 2.00 bits per heavy atom. The molecule has 0 unspecified atom stereocenters. The van der Waals surface area contributed by atoms with Gasteiger partial charge in [-0.3, -0.25) is 9.59 Å². The summed E-state index contributed by atoms with van der Waals surface area (Å²) in [5.41, 5.74) is 3.96. The zero-order valence-corrected chi connectivity index (χ0v) is 18.6. The van der Waals surface area contributed by atoms with E-state index in [-0.39, 0.29) is 11.6 Å². The van der Waals surface area contributed by atoms with Crippen molar-refractivity contribution < 1.29 is 39.5 Å². The number of ether oxygens (including phenoxy) is 2. The van der Waals surface area contributed by atoms with Crippen molar-refractivity contribution >= 4 is 11.6 Å². The van der Waals surface area contributed by atoms with Crippen LogP contribution in [0.15, 0.2) is 46.8 Å². The summed E-state index contributed by atoms with van der Waals surface area (Å²) in [6.45, 7) is -0.545. The van der Waals surface area contributed by atoms with E-state index in [1.54, 1.807) is 24.3 Å². The molecular formula is C25H29NO8. The highest BCUT2D eigenvalue weighted by Gasteiger charge is 2.45. The smallest absolute Gasteiger partial charge is 0.229 e. The number of hydrogen-bond donors (Lipinski definition) is 5. The zero-order valence-electron chi connectivity index (χ0n) is 18.6. The SMILES string of the molecule is O=C1CCCC2=C1C(c1ccc(O[C@@H]3O[C@H](CO)[C@@H](O)[C@@H](O)[C@H]3O)cc1)C1=C(CCCC1=O)N2. The molecule has 1 fully saturated rings. The molecule has 0 amide bonds. The summed E-state index contributed by atoms with van der Waals surface area (Å²) >= 11 is 0. The lowest BCUT2D eigenvalue weighted by atomic mass is 9.71. The number of nitrogens with one attached hydrogen (secondary N) is 1. The first kappa shape index (κ1) is 23.2. The Hall–Kier alpha value is -2.56. The zero-order chi connectivity index (χ0) is 24.0. The normalized spacial score (nSPS) is 32.3. The highest BCUT2D eigenvalue weighted by molar-refractivity contribution is 6.06. The number of rotatable bonds is 4. The van der Waals surface area contributed by atoms with Crippen LogP contribution in [0.5, 0.6) is 5.75 Å². The monoisotopic (exact) mass is 471 g/mol. The number of Topliss-reactive ketones (excluding diaryl/α,β-unsaturated/α-hetero) is 2. The minimum absolute atomic E-state index is 0.0605. The van der Waals surface area contributed by atoms with Crippen LogP contribution in [0.2, 0.25) is 0 Å². The van der Waals surface area contributed by atoms with Crippen LogP contribution in [0.3, 0.4) is 0 Å². The highest BCUT2D eigenvalue weighted by Crippen LogP contribution is 2.45. The topological polar surface area (TPSA) is 146 Å². The predicted octanol–water partition coefficient (Wildman–Crippen LogP) is 0.566.